The van der Waals surface area contributed by atoms with E-state index < -0.39 is 0 Å². The summed E-state index contributed by atoms with van der Waals surface area (Å²) in [6.07, 6.45) is 0. The molecule has 0 spiro atoms. The van der Waals surface area contributed by atoms with Crippen LogP contribution in [0.2, 0.25) is 5.02 Å². The van der Waals surface area contributed by atoms with Gasteiger partial charge in [-0.15, -0.1) is 0 Å². The van der Waals surface area contributed by atoms with E-state index in [1.807, 2.05) is 37.3 Å². The van der Waals surface area contributed by atoms with Crippen LogP contribution in [-0.4, -0.2) is 7.11 Å². The van der Waals surface area contributed by atoms with Crippen LogP contribution in [0.4, 0.5) is 0 Å². The summed E-state index contributed by atoms with van der Waals surface area (Å²) in [5.74, 6) is 1.56. The van der Waals surface area contributed by atoms with Gasteiger partial charge in [-0.3, -0.25) is 0 Å². The summed E-state index contributed by atoms with van der Waals surface area (Å²) in [5, 5.41) is 0.689. The van der Waals surface area contributed by atoms with Crippen LogP contribution in [0, 0.1) is 0 Å². The molecule has 0 bridgehead atoms. The highest BCUT2D eigenvalue weighted by Crippen LogP contribution is 2.24. The van der Waals surface area contributed by atoms with Crippen molar-refractivity contribution in [3.63, 3.8) is 0 Å². The Morgan fingerprint density at radius 3 is 2.45 bits per heavy atom. The number of hydrogen-bond donors (Lipinski definition) is 1. The summed E-state index contributed by atoms with van der Waals surface area (Å²) in [6.45, 7) is 2.37. The molecule has 106 valence electrons. The van der Waals surface area contributed by atoms with Crippen molar-refractivity contribution in [2.24, 2.45) is 5.73 Å². The van der Waals surface area contributed by atoms with Gasteiger partial charge in [-0.2, -0.15) is 0 Å². The number of nitrogens with two attached hydrogens (primary N) is 1. The van der Waals surface area contributed by atoms with Crippen molar-refractivity contribution in [1.82, 2.24) is 0 Å². The maximum Gasteiger partial charge on any atom is 0.125 e. The van der Waals surface area contributed by atoms with Gasteiger partial charge in [0.1, 0.15) is 18.1 Å². The van der Waals surface area contributed by atoms with Crippen LogP contribution >= 0.6 is 11.6 Å². The molecule has 0 aromatic heterocycles. The molecule has 0 saturated carbocycles. The van der Waals surface area contributed by atoms with Crippen LogP contribution in [0.3, 0.4) is 0 Å². The Balaban J connectivity index is 2.14. The molecular weight excluding hydrogens is 274 g/mol. The summed E-state index contributed by atoms with van der Waals surface area (Å²) in [5.41, 5.74) is 7.93. The van der Waals surface area contributed by atoms with E-state index in [1.165, 1.54) is 0 Å². The van der Waals surface area contributed by atoms with Crippen LogP contribution in [0.1, 0.15) is 24.1 Å². The first kappa shape index (κ1) is 14.7. The highest BCUT2D eigenvalue weighted by molar-refractivity contribution is 6.30. The monoisotopic (exact) mass is 291 g/mol. The van der Waals surface area contributed by atoms with Gasteiger partial charge in [0.05, 0.1) is 7.11 Å². The summed E-state index contributed by atoms with van der Waals surface area (Å²) in [7, 11) is 1.65. The first-order valence-corrected chi connectivity index (χ1v) is 6.78. The number of benzene rings is 2. The van der Waals surface area contributed by atoms with Crippen molar-refractivity contribution in [3.8, 4) is 11.5 Å². The molecule has 1 unspecified atom stereocenters. The highest BCUT2D eigenvalue weighted by Gasteiger charge is 2.08. The third-order valence-corrected chi connectivity index (χ3v) is 3.29. The largest absolute Gasteiger partial charge is 0.496 e. The summed E-state index contributed by atoms with van der Waals surface area (Å²) in [6, 6.07) is 13.1. The number of halogens is 1. The van der Waals surface area contributed by atoms with Crippen molar-refractivity contribution in [3.05, 3.63) is 58.6 Å². The molecule has 2 aromatic carbocycles. The molecule has 0 saturated heterocycles. The Morgan fingerprint density at radius 1 is 1.15 bits per heavy atom. The van der Waals surface area contributed by atoms with Crippen molar-refractivity contribution < 1.29 is 9.47 Å². The van der Waals surface area contributed by atoms with Gasteiger partial charge < -0.3 is 15.2 Å². The fraction of sp³-hybridized carbons (Fsp3) is 0.250. The molecule has 0 fully saturated rings. The molecule has 1 atom stereocenters. The zero-order valence-electron chi connectivity index (χ0n) is 11.6. The second-order valence-corrected chi connectivity index (χ2v) is 5.04. The lowest BCUT2D eigenvalue weighted by Gasteiger charge is -2.13. The maximum absolute atomic E-state index is 5.90. The van der Waals surface area contributed by atoms with Crippen molar-refractivity contribution in [2.75, 3.05) is 7.11 Å². The molecule has 3 nitrogen and oxygen atoms in total. The number of ether oxygens (including phenoxy) is 2. The van der Waals surface area contributed by atoms with Gasteiger partial charge in [0.2, 0.25) is 0 Å². The molecule has 0 amide bonds. The van der Waals surface area contributed by atoms with Crippen molar-refractivity contribution in [2.45, 2.75) is 19.6 Å². The van der Waals surface area contributed by atoms with E-state index in [9.17, 15) is 0 Å². The standard InChI is InChI=1S/C16H18ClNO2/c1-11(18)12-3-8-16(19-2)13(9-12)10-20-15-6-4-14(17)5-7-15/h3-9,11H,10,18H2,1-2H3. The molecule has 2 rings (SSSR count). The van der Waals surface area contributed by atoms with E-state index >= 15 is 0 Å². The van der Waals surface area contributed by atoms with E-state index in [4.69, 9.17) is 26.8 Å². The Hall–Kier alpha value is -1.71. The molecule has 0 aliphatic heterocycles. The van der Waals surface area contributed by atoms with Crippen LogP contribution in [0.25, 0.3) is 0 Å². The Morgan fingerprint density at radius 2 is 1.85 bits per heavy atom. The Kier molecular flexibility index (Phi) is 4.88. The number of hydrogen-bond acceptors (Lipinski definition) is 3. The van der Waals surface area contributed by atoms with E-state index in [0.29, 0.717) is 11.6 Å². The molecule has 2 aromatic rings. The fourth-order valence-corrected chi connectivity index (χ4v) is 2.01. The minimum absolute atomic E-state index is 0.0183. The van der Waals surface area contributed by atoms with Crippen LogP contribution in [-0.2, 0) is 6.61 Å². The summed E-state index contributed by atoms with van der Waals surface area (Å²) in [4.78, 5) is 0. The van der Waals surface area contributed by atoms with E-state index in [1.54, 1.807) is 19.2 Å². The zero-order chi connectivity index (χ0) is 14.5. The van der Waals surface area contributed by atoms with Crippen LogP contribution in [0.5, 0.6) is 11.5 Å². The first-order chi connectivity index (χ1) is 9.60. The molecule has 2 N–H and O–H groups in total. The molecule has 20 heavy (non-hydrogen) atoms. The lowest BCUT2D eigenvalue weighted by Crippen LogP contribution is -2.07. The van der Waals surface area contributed by atoms with Crippen molar-refractivity contribution in [1.29, 1.82) is 0 Å². The minimum Gasteiger partial charge on any atom is -0.496 e. The van der Waals surface area contributed by atoms with Crippen LogP contribution in [0.15, 0.2) is 42.5 Å². The maximum atomic E-state index is 5.90. The van der Waals surface area contributed by atoms with Crippen LogP contribution < -0.4 is 15.2 Å². The van der Waals surface area contributed by atoms with Gasteiger partial charge in [-0.25, -0.2) is 0 Å². The second kappa shape index (κ2) is 6.64. The third kappa shape index (κ3) is 3.65. The topological polar surface area (TPSA) is 44.5 Å². The second-order valence-electron chi connectivity index (χ2n) is 4.60. The van der Waals surface area contributed by atoms with Gasteiger partial charge >= 0.3 is 0 Å². The van der Waals surface area contributed by atoms with Gasteiger partial charge in [0.15, 0.2) is 0 Å². The Labute approximate surface area is 124 Å². The molecule has 0 heterocycles. The van der Waals surface area contributed by atoms with Gasteiger partial charge in [-0.1, -0.05) is 17.7 Å². The average Bonchev–Trinajstić information content (AvgIpc) is 2.46. The normalized spacial score (nSPS) is 12.0. The summed E-state index contributed by atoms with van der Waals surface area (Å²) >= 11 is 5.84. The number of rotatable bonds is 5. The van der Waals surface area contributed by atoms with Crippen molar-refractivity contribution >= 4 is 11.6 Å². The fourth-order valence-electron chi connectivity index (χ4n) is 1.89. The predicted octanol–water partition coefficient (Wildman–Crippen LogP) is 3.95. The molecule has 0 radical (unpaired) electrons. The zero-order valence-corrected chi connectivity index (χ0v) is 12.4. The lowest BCUT2D eigenvalue weighted by molar-refractivity contribution is 0.296. The highest BCUT2D eigenvalue weighted by atomic mass is 35.5. The van der Waals surface area contributed by atoms with E-state index in [0.717, 1.165) is 22.6 Å². The first-order valence-electron chi connectivity index (χ1n) is 6.41. The summed E-state index contributed by atoms with van der Waals surface area (Å²) < 4.78 is 11.1. The SMILES string of the molecule is COc1ccc(C(C)N)cc1COc1ccc(Cl)cc1. The van der Waals surface area contributed by atoms with E-state index in [-0.39, 0.29) is 6.04 Å². The van der Waals surface area contributed by atoms with E-state index in [2.05, 4.69) is 0 Å². The molecule has 0 aliphatic rings. The predicted molar refractivity (Wildman–Crippen MR) is 81.4 cm³/mol. The van der Waals surface area contributed by atoms with Gasteiger partial charge in [0, 0.05) is 16.6 Å². The molecular formula is C16H18ClNO2. The molecule has 0 aliphatic carbocycles. The quantitative estimate of drug-likeness (QED) is 0.907. The Bertz CT molecular complexity index is 567. The minimum atomic E-state index is -0.0183. The molecule has 4 heteroatoms. The van der Waals surface area contributed by atoms with Gasteiger partial charge in [0.25, 0.3) is 0 Å². The number of methoxy groups -OCH3 is 1. The average molecular weight is 292 g/mol. The smallest absolute Gasteiger partial charge is 0.125 e. The van der Waals surface area contributed by atoms with Gasteiger partial charge in [-0.05, 0) is 48.9 Å². The lowest BCUT2D eigenvalue weighted by atomic mass is 10.1. The third-order valence-electron chi connectivity index (χ3n) is 3.04.